The summed E-state index contributed by atoms with van der Waals surface area (Å²) in [6, 6.07) is 18.6. The molecular weight excluding hydrogens is 658 g/mol. The molecule has 0 spiro atoms. The van der Waals surface area contributed by atoms with E-state index < -0.39 is 59.3 Å². The van der Waals surface area contributed by atoms with Crippen molar-refractivity contribution in [3.05, 3.63) is 126 Å². The van der Waals surface area contributed by atoms with Crippen molar-refractivity contribution in [1.82, 2.24) is 4.98 Å². The predicted molar refractivity (Wildman–Crippen MR) is 158 cm³/mol. The number of nitrogens with zero attached hydrogens (tertiary/aromatic N) is 1. The number of aryl methyl sites for hydroxylation is 1. The van der Waals surface area contributed by atoms with Crippen LogP contribution in [0.1, 0.15) is 11.1 Å². The maximum atomic E-state index is 13.9. The van der Waals surface area contributed by atoms with Crippen LogP contribution in [-0.4, -0.2) is 36.0 Å². The summed E-state index contributed by atoms with van der Waals surface area (Å²) in [5.41, 5.74) is -1.95. The van der Waals surface area contributed by atoms with Crippen LogP contribution < -0.4 is 84.8 Å². The topological polar surface area (TPSA) is 203 Å². The molecule has 12 nitrogen and oxygen atoms in total. The fourth-order valence-electron chi connectivity index (χ4n) is 5.20. The number of rotatable bonds is 6. The molecule has 0 unspecified atom stereocenters. The van der Waals surface area contributed by atoms with Crippen LogP contribution in [0.2, 0.25) is 0 Å². The zero-order valence-corrected chi connectivity index (χ0v) is 30.0. The Morgan fingerprint density at radius 1 is 0.826 bits per heavy atom. The first-order valence-electron chi connectivity index (χ1n) is 12.7. The summed E-state index contributed by atoms with van der Waals surface area (Å²) in [4.78, 5) is 30.9. The fourth-order valence-corrected chi connectivity index (χ4v) is 6.31. The van der Waals surface area contributed by atoms with Crippen molar-refractivity contribution in [1.29, 1.82) is 0 Å². The van der Waals surface area contributed by atoms with Gasteiger partial charge in [-0.15, -0.1) is 0 Å². The molecule has 1 heterocycles. The average molecular weight is 677 g/mol. The smallest absolute Gasteiger partial charge is 0.744 e. The van der Waals surface area contributed by atoms with Gasteiger partial charge in [0.2, 0.25) is 0 Å². The molecule has 16 heteroatoms. The molecule has 6 rings (SSSR count). The Labute approximate surface area is 305 Å². The zero-order valence-electron chi connectivity index (χ0n) is 24.4. The third kappa shape index (κ3) is 6.51. The van der Waals surface area contributed by atoms with E-state index in [-0.39, 0.29) is 102 Å². The summed E-state index contributed by atoms with van der Waals surface area (Å²) in [5.74, 6) is -1.44. The van der Waals surface area contributed by atoms with Crippen molar-refractivity contribution in [3.63, 3.8) is 0 Å². The second-order valence-electron chi connectivity index (χ2n) is 9.84. The van der Waals surface area contributed by atoms with Gasteiger partial charge in [-0.05, 0) is 30.0 Å². The first-order valence-corrected chi connectivity index (χ1v) is 15.5. The Morgan fingerprint density at radius 3 is 2.09 bits per heavy atom. The largest absolute Gasteiger partial charge is 1.00 e. The third-order valence-corrected chi connectivity index (χ3v) is 8.30. The number of ether oxygens (including phenoxy) is 1. The van der Waals surface area contributed by atoms with E-state index in [1.807, 2.05) is 0 Å². The summed E-state index contributed by atoms with van der Waals surface area (Å²) in [5, 5.41) is 10.7. The maximum Gasteiger partial charge on any atom is 1.00 e. The van der Waals surface area contributed by atoms with Crippen LogP contribution in [0, 0.1) is 17.4 Å². The molecule has 0 saturated carbocycles. The number of benzene rings is 4. The summed E-state index contributed by atoms with van der Waals surface area (Å²) >= 11 is 0. The van der Waals surface area contributed by atoms with Crippen molar-refractivity contribution in [2.75, 3.05) is 4.72 Å². The van der Waals surface area contributed by atoms with E-state index in [1.54, 1.807) is 29.0 Å². The van der Waals surface area contributed by atoms with Crippen LogP contribution in [0.5, 0.6) is 11.5 Å². The van der Waals surface area contributed by atoms with E-state index in [0.717, 1.165) is 12.1 Å². The molecule has 0 radical (unpaired) electrons. The number of fused-ring (bicyclic) bond motifs is 2. The van der Waals surface area contributed by atoms with Gasteiger partial charge in [0, 0.05) is 27.5 Å². The second-order valence-corrected chi connectivity index (χ2v) is 12.3. The van der Waals surface area contributed by atoms with Crippen LogP contribution in [0.3, 0.4) is 0 Å². The first kappa shape index (κ1) is 35.7. The number of anilines is 1. The van der Waals surface area contributed by atoms with E-state index in [0.29, 0.717) is 5.56 Å². The Kier molecular flexibility index (Phi) is 10.2. The van der Waals surface area contributed by atoms with Crippen LogP contribution in [-0.2, 0) is 20.4 Å². The van der Waals surface area contributed by atoms with Crippen molar-refractivity contribution < 1.29 is 94.9 Å². The minimum atomic E-state index is -5.26. The van der Waals surface area contributed by atoms with E-state index in [1.165, 1.54) is 49.4 Å². The summed E-state index contributed by atoms with van der Waals surface area (Å²) in [7, 11) is -10.4. The van der Waals surface area contributed by atoms with Gasteiger partial charge in [-0.25, -0.2) is 21.8 Å². The van der Waals surface area contributed by atoms with Crippen LogP contribution >= 0.6 is 0 Å². The summed E-state index contributed by atoms with van der Waals surface area (Å²) < 4.78 is 79.5. The van der Waals surface area contributed by atoms with Gasteiger partial charge in [0.15, 0.2) is 21.5 Å². The van der Waals surface area contributed by atoms with Gasteiger partial charge < -0.3 is 18.9 Å². The van der Waals surface area contributed by atoms with Crippen molar-refractivity contribution in [2.45, 2.75) is 11.8 Å². The first-order chi connectivity index (χ1) is 20.7. The molecule has 0 bridgehead atoms. The number of aliphatic hydroxyl groups is 1. The van der Waals surface area contributed by atoms with E-state index in [9.17, 15) is 40.6 Å². The van der Waals surface area contributed by atoms with Gasteiger partial charge in [-0.1, -0.05) is 60.7 Å². The number of hydrogen-bond acceptors (Lipinski definition) is 11. The van der Waals surface area contributed by atoms with Gasteiger partial charge in [0.25, 0.3) is 5.56 Å². The molecule has 0 aromatic heterocycles. The quantitative estimate of drug-likeness (QED) is 0.131. The Balaban J connectivity index is 0.00000240. The minimum Gasteiger partial charge on any atom is -0.744 e. The summed E-state index contributed by atoms with van der Waals surface area (Å²) in [6.45, 7) is 1.54. The molecule has 4 aromatic carbocycles. The van der Waals surface area contributed by atoms with E-state index in [2.05, 4.69) is 4.98 Å². The molecule has 0 saturated heterocycles. The SMILES string of the molecule is Cc1ccc(Oc2cc(NS(=O)(=O)[O-])c3c4c2nc(=O)c(=C(O)c2ccccc2)c=4c2ccccc2c3=O)c(S(=O)(=O)[O-])c1.[Na+].[Na+]. The molecule has 2 aliphatic rings. The normalized spacial score (nSPS) is 12.4. The van der Waals surface area contributed by atoms with Crippen LogP contribution in [0.25, 0.3) is 27.4 Å². The monoisotopic (exact) mass is 676 g/mol. The molecule has 222 valence electrons. The van der Waals surface area contributed by atoms with Gasteiger partial charge in [0.05, 0.1) is 21.2 Å². The molecule has 1 aliphatic carbocycles. The molecule has 0 atom stereocenters. The molecular formula is C30H18N2Na2O10S2. The number of aliphatic hydroxyl groups excluding tert-OH is 1. The van der Waals surface area contributed by atoms with Crippen molar-refractivity contribution >= 4 is 53.5 Å². The molecule has 0 amide bonds. The van der Waals surface area contributed by atoms with Gasteiger partial charge in [-0.2, -0.15) is 0 Å². The maximum absolute atomic E-state index is 13.9. The number of nitrogens with one attached hydrogen (secondary N) is 1. The van der Waals surface area contributed by atoms with Gasteiger partial charge in [0.1, 0.15) is 27.1 Å². The van der Waals surface area contributed by atoms with E-state index in [4.69, 9.17) is 4.74 Å². The second kappa shape index (κ2) is 13.2. The Morgan fingerprint density at radius 2 is 1.46 bits per heavy atom. The molecule has 0 fully saturated rings. The fraction of sp³-hybridized carbons (Fsp3) is 0.0333. The minimum absolute atomic E-state index is 0. The van der Waals surface area contributed by atoms with Crippen molar-refractivity contribution in [3.8, 4) is 11.5 Å². The molecule has 1 aliphatic heterocycles. The molecule has 2 N–H and O–H groups in total. The van der Waals surface area contributed by atoms with E-state index >= 15 is 0 Å². The summed E-state index contributed by atoms with van der Waals surface area (Å²) in [6.07, 6.45) is 0. The number of aromatic nitrogens is 1. The molecule has 46 heavy (non-hydrogen) atoms. The number of hydrogen-bond donors (Lipinski definition) is 2. The van der Waals surface area contributed by atoms with Crippen LogP contribution in [0.4, 0.5) is 5.69 Å². The van der Waals surface area contributed by atoms with Crippen LogP contribution in [0.15, 0.2) is 93.3 Å². The van der Waals surface area contributed by atoms with Gasteiger partial charge >= 0.3 is 59.1 Å². The third-order valence-electron chi connectivity index (χ3n) is 6.97. The zero-order chi connectivity index (χ0) is 31.6. The molecule has 4 aromatic rings. The predicted octanol–water partition coefficient (Wildman–Crippen LogP) is -3.41. The average Bonchev–Trinajstić information content (AvgIpc) is 2.96. The Hall–Kier alpha value is -3.15. The van der Waals surface area contributed by atoms with Gasteiger partial charge in [-0.3, -0.25) is 14.3 Å². The van der Waals surface area contributed by atoms with Crippen molar-refractivity contribution in [2.24, 2.45) is 0 Å². The Bertz CT molecular complexity index is 2620. The standard InChI is InChI=1S/C30H20N2O10S2.2Na/c1-15-11-12-20(22(13-15)43(36,37)38)42-21-14-19(32-44(39,40)41)24-25-23(17-9-5-6-10-18(17)29(24)34)26(30(35)31-27(21)25)28(33)16-7-3-2-4-8-16;;/h2-14,32-33H,1H3,(H,36,37,38)(H,39,40,41);;/q;2*+1/p-2.